The lowest BCUT2D eigenvalue weighted by atomic mass is 9.95. The van der Waals surface area contributed by atoms with Crippen molar-refractivity contribution in [1.29, 1.82) is 5.26 Å². The third-order valence-corrected chi connectivity index (χ3v) is 5.94. The first kappa shape index (κ1) is 17.8. The summed E-state index contributed by atoms with van der Waals surface area (Å²) in [4.78, 5) is 17.8. The summed E-state index contributed by atoms with van der Waals surface area (Å²) in [5, 5.41) is 9.44. The lowest BCUT2D eigenvalue weighted by Gasteiger charge is -2.38. The van der Waals surface area contributed by atoms with E-state index in [0.29, 0.717) is 11.1 Å². The topological polar surface area (TPSA) is 47.3 Å². The molecule has 0 aromatic heterocycles. The minimum atomic E-state index is 0.0735. The van der Waals surface area contributed by atoms with Gasteiger partial charge >= 0.3 is 0 Å². The second-order valence-electron chi connectivity index (χ2n) is 7.47. The summed E-state index contributed by atoms with van der Waals surface area (Å²) in [5.74, 6) is 0.0735. The summed E-state index contributed by atoms with van der Waals surface area (Å²) < 4.78 is 0. The zero-order chi connectivity index (χ0) is 18.6. The molecule has 4 rings (SSSR count). The van der Waals surface area contributed by atoms with Crippen molar-refractivity contribution in [1.82, 2.24) is 9.80 Å². The van der Waals surface area contributed by atoms with E-state index in [9.17, 15) is 10.1 Å². The fourth-order valence-corrected chi connectivity index (χ4v) is 4.45. The molecule has 2 aromatic rings. The van der Waals surface area contributed by atoms with Crippen LogP contribution in [0.4, 0.5) is 0 Å². The molecule has 2 aromatic carbocycles. The number of rotatable bonds is 3. The van der Waals surface area contributed by atoms with Crippen molar-refractivity contribution in [3.8, 4) is 17.2 Å². The number of piperazine rings is 1. The number of hydrogen-bond acceptors (Lipinski definition) is 3. The Balaban J connectivity index is 1.54. The molecule has 4 nitrogen and oxygen atoms in total. The van der Waals surface area contributed by atoms with Gasteiger partial charge in [-0.15, -0.1) is 0 Å². The normalized spacial score (nSPS) is 18.4. The van der Waals surface area contributed by atoms with Crippen LogP contribution < -0.4 is 0 Å². The number of carbonyl (C=O) groups excluding carboxylic acids is 1. The van der Waals surface area contributed by atoms with Crippen LogP contribution in [0.5, 0.6) is 0 Å². The highest BCUT2D eigenvalue weighted by Gasteiger charge is 2.29. The van der Waals surface area contributed by atoms with Crippen molar-refractivity contribution >= 4 is 5.91 Å². The molecule has 1 amide bonds. The molecule has 1 heterocycles. The van der Waals surface area contributed by atoms with Crippen molar-refractivity contribution < 1.29 is 4.79 Å². The van der Waals surface area contributed by atoms with Gasteiger partial charge in [-0.2, -0.15) is 5.26 Å². The summed E-state index contributed by atoms with van der Waals surface area (Å²) in [6, 6.07) is 18.1. The van der Waals surface area contributed by atoms with E-state index in [-0.39, 0.29) is 5.91 Å². The Morgan fingerprint density at radius 2 is 1.52 bits per heavy atom. The number of hydrogen-bond donors (Lipinski definition) is 0. The van der Waals surface area contributed by atoms with Crippen LogP contribution in [-0.4, -0.2) is 47.9 Å². The maximum atomic E-state index is 13.2. The molecule has 1 saturated carbocycles. The molecule has 2 aliphatic rings. The average molecular weight is 359 g/mol. The van der Waals surface area contributed by atoms with E-state index in [2.05, 4.69) is 11.0 Å². The van der Waals surface area contributed by atoms with Crippen LogP contribution in [0, 0.1) is 11.3 Å². The van der Waals surface area contributed by atoms with Crippen LogP contribution in [0.25, 0.3) is 11.1 Å². The first-order chi connectivity index (χ1) is 13.3. The van der Waals surface area contributed by atoms with Gasteiger partial charge in [0.1, 0.15) is 0 Å². The molecule has 0 atom stereocenters. The number of nitrogens with zero attached hydrogens (tertiary/aromatic N) is 3. The fourth-order valence-electron chi connectivity index (χ4n) is 4.45. The number of carbonyl (C=O) groups is 1. The van der Waals surface area contributed by atoms with Gasteiger partial charge in [0.15, 0.2) is 0 Å². The Morgan fingerprint density at radius 3 is 2.22 bits per heavy atom. The maximum Gasteiger partial charge on any atom is 0.254 e. The van der Waals surface area contributed by atoms with Crippen molar-refractivity contribution in [3.63, 3.8) is 0 Å². The van der Waals surface area contributed by atoms with E-state index in [1.165, 1.54) is 25.7 Å². The van der Waals surface area contributed by atoms with E-state index in [1.54, 1.807) is 6.07 Å². The van der Waals surface area contributed by atoms with Crippen molar-refractivity contribution in [2.24, 2.45) is 0 Å². The average Bonchev–Trinajstić information content (AvgIpc) is 3.28. The summed E-state index contributed by atoms with van der Waals surface area (Å²) in [7, 11) is 0. The third-order valence-electron chi connectivity index (χ3n) is 5.94. The Bertz CT molecular complexity index is 856. The minimum absolute atomic E-state index is 0.0735. The van der Waals surface area contributed by atoms with Gasteiger partial charge < -0.3 is 4.90 Å². The van der Waals surface area contributed by atoms with Gasteiger partial charge in [-0.05, 0) is 30.5 Å². The lowest BCUT2D eigenvalue weighted by molar-refractivity contribution is 0.0574. The highest BCUT2D eigenvalue weighted by molar-refractivity contribution is 6.01. The summed E-state index contributed by atoms with van der Waals surface area (Å²) >= 11 is 0. The molecule has 0 radical (unpaired) electrons. The zero-order valence-electron chi connectivity index (χ0n) is 15.6. The zero-order valence-corrected chi connectivity index (χ0v) is 15.6. The maximum absolute atomic E-state index is 13.2. The molecule has 0 unspecified atom stereocenters. The minimum Gasteiger partial charge on any atom is -0.336 e. The molecule has 138 valence electrons. The van der Waals surface area contributed by atoms with E-state index in [4.69, 9.17) is 0 Å². The quantitative estimate of drug-likeness (QED) is 0.834. The lowest BCUT2D eigenvalue weighted by Crippen LogP contribution is -2.51. The molecule has 4 heteroatoms. The van der Waals surface area contributed by atoms with Crippen LogP contribution >= 0.6 is 0 Å². The molecule has 27 heavy (non-hydrogen) atoms. The highest BCUT2D eigenvalue weighted by atomic mass is 16.2. The van der Waals surface area contributed by atoms with Gasteiger partial charge in [0.2, 0.25) is 0 Å². The Labute approximate surface area is 161 Å². The Kier molecular flexibility index (Phi) is 5.22. The van der Waals surface area contributed by atoms with Gasteiger partial charge in [-0.3, -0.25) is 9.69 Å². The van der Waals surface area contributed by atoms with Gasteiger partial charge in [-0.1, -0.05) is 49.2 Å². The van der Waals surface area contributed by atoms with E-state index >= 15 is 0 Å². The SMILES string of the molecule is N#Cc1ccccc1-c1ccccc1C(=O)N1CCN(C2CCCC2)CC1. The Hall–Kier alpha value is -2.64. The first-order valence-corrected chi connectivity index (χ1v) is 9.90. The van der Waals surface area contributed by atoms with Gasteiger partial charge in [-0.25, -0.2) is 0 Å². The standard InChI is InChI=1S/C23H25N3O/c24-17-18-7-1-4-10-20(18)21-11-5-6-12-22(21)23(27)26-15-13-25(14-16-26)19-8-2-3-9-19/h1,4-7,10-12,19H,2-3,8-9,13-16H2. The van der Waals surface area contributed by atoms with Gasteiger partial charge in [0.25, 0.3) is 5.91 Å². The van der Waals surface area contributed by atoms with Crippen LogP contribution in [-0.2, 0) is 0 Å². The van der Waals surface area contributed by atoms with Crippen molar-refractivity contribution in [3.05, 3.63) is 59.7 Å². The van der Waals surface area contributed by atoms with E-state index < -0.39 is 0 Å². The van der Waals surface area contributed by atoms with Crippen molar-refractivity contribution in [2.45, 2.75) is 31.7 Å². The largest absolute Gasteiger partial charge is 0.336 e. The number of nitriles is 1. The summed E-state index contributed by atoms with van der Waals surface area (Å²) in [6.45, 7) is 3.49. The smallest absolute Gasteiger partial charge is 0.254 e. The van der Waals surface area contributed by atoms with Gasteiger partial charge in [0, 0.05) is 43.3 Å². The highest BCUT2D eigenvalue weighted by Crippen LogP contribution is 2.29. The fraction of sp³-hybridized carbons (Fsp3) is 0.391. The van der Waals surface area contributed by atoms with Crippen molar-refractivity contribution in [2.75, 3.05) is 26.2 Å². The van der Waals surface area contributed by atoms with Crippen LogP contribution in [0.2, 0.25) is 0 Å². The molecule has 2 fully saturated rings. The molecule has 1 aliphatic heterocycles. The molecule has 0 bridgehead atoms. The number of amides is 1. The van der Waals surface area contributed by atoms with Crippen LogP contribution in [0.1, 0.15) is 41.6 Å². The van der Waals surface area contributed by atoms with Crippen LogP contribution in [0.15, 0.2) is 48.5 Å². The van der Waals surface area contributed by atoms with E-state index in [1.807, 2.05) is 47.4 Å². The van der Waals surface area contributed by atoms with Crippen LogP contribution in [0.3, 0.4) is 0 Å². The molecular weight excluding hydrogens is 334 g/mol. The molecule has 0 spiro atoms. The molecule has 1 saturated heterocycles. The molecule has 0 N–H and O–H groups in total. The molecular formula is C23H25N3O. The predicted octanol–water partition coefficient (Wildman–Crippen LogP) is 3.93. The second kappa shape index (κ2) is 7.94. The monoisotopic (exact) mass is 359 g/mol. The van der Waals surface area contributed by atoms with E-state index in [0.717, 1.165) is 43.3 Å². The number of benzene rings is 2. The second-order valence-corrected chi connectivity index (χ2v) is 7.47. The first-order valence-electron chi connectivity index (χ1n) is 9.90. The summed E-state index contributed by atoms with van der Waals surface area (Å²) in [6.07, 6.45) is 5.30. The third kappa shape index (κ3) is 3.61. The van der Waals surface area contributed by atoms with Gasteiger partial charge in [0.05, 0.1) is 11.6 Å². The Morgan fingerprint density at radius 1 is 0.889 bits per heavy atom. The summed E-state index contributed by atoms with van der Waals surface area (Å²) in [5.41, 5.74) is 2.96. The molecule has 1 aliphatic carbocycles. The predicted molar refractivity (Wildman–Crippen MR) is 106 cm³/mol.